The number of benzene rings is 1. The van der Waals surface area contributed by atoms with Crippen LogP contribution < -0.4 is 5.73 Å². The Kier molecular flexibility index (Phi) is 2.83. The van der Waals surface area contributed by atoms with Crippen molar-refractivity contribution in [2.45, 2.75) is 19.8 Å². The van der Waals surface area contributed by atoms with Crippen molar-refractivity contribution >= 4 is 5.69 Å². The fourth-order valence-corrected chi connectivity index (χ4v) is 1.57. The molecular weight excluding hydrogens is 224 g/mol. The molecule has 2 aromatic rings. The zero-order valence-electron chi connectivity index (χ0n) is 9.61. The zero-order valence-corrected chi connectivity index (χ0v) is 9.61. The highest BCUT2D eigenvalue weighted by Crippen LogP contribution is 2.21. The molecule has 0 amide bonds. The number of anilines is 1. The standard InChI is InChI=1S/C12H13F2N3/c1-7(2)11-3-4-17(16-11)12-9(13)5-8(15)6-10(12)14/h3-7H,15H2,1-2H3. The second-order valence-electron chi connectivity index (χ2n) is 4.17. The third kappa shape index (κ3) is 2.13. The van der Waals surface area contributed by atoms with Crippen LogP contribution in [0.4, 0.5) is 14.5 Å². The van der Waals surface area contributed by atoms with Gasteiger partial charge in [-0.05, 0) is 24.1 Å². The fourth-order valence-electron chi connectivity index (χ4n) is 1.57. The van der Waals surface area contributed by atoms with E-state index < -0.39 is 11.6 Å². The van der Waals surface area contributed by atoms with Crippen molar-refractivity contribution in [3.63, 3.8) is 0 Å². The molecule has 1 aromatic carbocycles. The van der Waals surface area contributed by atoms with E-state index in [0.29, 0.717) is 0 Å². The molecule has 17 heavy (non-hydrogen) atoms. The average molecular weight is 237 g/mol. The number of hydrogen-bond donors (Lipinski definition) is 1. The van der Waals surface area contributed by atoms with Crippen LogP contribution in [0.15, 0.2) is 24.4 Å². The number of nitrogen functional groups attached to an aromatic ring is 1. The van der Waals surface area contributed by atoms with Gasteiger partial charge in [0.15, 0.2) is 11.6 Å². The summed E-state index contributed by atoms with van der Waals surface area (Å²) < 4.78 is 28.4. The number of nitrogens with two attached hydrogens (primary N) is 1. The second-order valence-corrected chi connectivity index (χ2v) is 4.17. The lowest BCUT2D eigenvalue weighted by atomic mass is 10.1. The maximum absolute atomic E-state index is 13.6. The van der Waals surface area contributed by atoms with E-state index in [1.165, 1.54) is 10.9 Å². The van der Waals surface area contributed by atoms with Crippen molar-refractivity contribution in [1.29, 1.82) is 0 Å². The minimum Gasteiger partial charge on any atom is -0.399 e. The van der Waals surface area contributed by atoms with Crippen molar-refractivity contribution in [3.8, 4) is 5.69 Å². The van der Waals surface area contributed by atoms with Gasteiger partial charge in [-0.3, -0.25) is 0 Å². The Morgan fingerprint density at radius 3 is 2.29 bits per heavy atom. The first-order valence-corrected chi connectivity index (χ1v) is 5.29. The quantitative estimate of drug-likeness (QED) is 0.816. The van der Waals surface area contributed by atoms with E-state index in [0.717, 1.165) is 17.8 Å². The predicted molar refractivity (Wildman–Crippen MR) is 62.0 cm³/mol. The lowest BCUT2D eigenvalue weighted by molar-refractivity contribution is 0.559. The van der Waals surface area contributed by atoms with Crippen molar-refractivity contribution in [2.75, 3.05) is 5.73 Å². The van der Waals surface area contributed by atoms with Gasteiger partial charge in [-0.15, -0.1) is 0 Å². The molecule has 0 bridgehead atoms. The summed E-state index contributed by atoms with van der Waals surface area (Å²) in [6.07, 6.45) is 1.53. The molecule has 2 N–H and O–H groups in total. The lowest BCUT2D eigenvalue weighted by Crippen LogP contribution is -2.04. The Labute approximate surface area is 97.9 Å². The van der Waals surface area contributed by atoms with E-state index in [-0.39, 0.29) is 17.3 Å². The predicted octanol–water partition coefficient (Wildman–Crippen LogP) is 2.86. The highest BCUT2D eigenvalue weighted by atomic mass is 19.1. The highest BCUT2D eigenvalue weighted by Gasteiger charge is 2.14. The maximum atomic E-state index is 13.6. The van der Waals surface area contributed by atoms with Gasteiger partial charge in [0.2, 0.25) is 0 Å². The minimum atomic E-state index is -0.721. The molecule has 0 aliphatic rings. The Balaban J connectivity index is 2.52. The summed E-state index contributed by atoms with van der Waals surface area (Å²) in [6.45, 7) is 3.92. The van der Waals surface area contributed by atoms with Gasteiger partial charge in [0, 0.05) is 11.9 Å². The molecule has 0 fully saturated rings. The lowest BCUT2D eigenvalue weighted by Gasteiger charge is -2.06. The van der Waals surface area contributed by atoms with Crippen molar-refractivity contribution in [3.05, 3.63) is 41.7 Å². The van der Waals surface area contributed by atoms with Crippen LogP contribution in [0.25, 0.3) is 5.69 Å². The summed E-state index contributed by atoms with van der Waals surface area (Å²) in [4.78, 5) is 0. The Morgan fingerprint density at radius 1 is 1.24 bits per heavy atom. The van der Waals surface area contributed by atoms with Gasteiger partial charge >= 0.3 is 0 Å². The molecule has 1 heterocycles. The first-order chi connectivity index (χ1) is 7.99. The number of halogens is 2. The van der Waals surface area contributed by atoms with Crippen molar-refractivity contribution in [1.82, 2.24) is 9.78 Å². The van der Waals surface area contributed by atoms with Gasteiger partial charge in [0.05, 0.1) is 5.69 Å². The molecule has 2 rings (SSSR count). The van der Waals surface area contributed by atoms with E-state index in [2.05, 4.69) is 5.10 Å². The van der Waals surface area contributed by atoms with E-state index in [1.54, 1.807) is 6.07 Å². The molecule has 0 atom stereocenters. The normalized spacial score (nSPS) is 11.1. The molecule has 3 nitrogen and oxygen atoms in total. The summed E-state index contributed by atoms with van der Waals surface area (Å²) in [5.41, 5.74) is 5.98. The molecule has 0 saturated carbocycles. The average Bonchev–Trinajstić information content (AvgIpc) is 2.65. The second kappa shape index (κ2) is 4.16. The van der Waals surface area contributed by atoms with E-state index >= 15 is 0 Å². The smallest absolute Gasteiger partial charge is 0.153 e. The molecule has 1 aromatic heterocycles. The Bertz CT molecular complexity index is 523. The third-order valence-corrected chi connectivity index (χ3v) is 2.47. The Hall–Kier alpha value is -1.91. The molecule has 0 unspecified atom stereocenters. The van der Waals surface area contributed by atoms with Gasteiger partial charge in [-0.2, -0.15) is 5.10 Å². The van der Waals surface area contributed by atoms with Gasteiger partial charge in [0.1, 0.15) is 5.69 Å². The molecule has 0 saturated heterocycles. The first-order valence-electron chi connectivity index (χ1n) is 5.29. The van der Waals surface area contributed by atoms with Crippen LogP contribution in [-0.4, -0.2) is 9.78 Å². The molecule has 0 aliphatic carbocycles. The monoisotopic (exact) mass is 237 g/mol. The summed E-state index contributed by atoms with van der Waals surface area (Å²) in [6, 6.07) is 3.89. The number of rotatable bonds is 2. The van der Waals surface area contributed by atoms with Crippen molar-refractivity contribution in [2.24, 2.45) is 0 Å². The summed E-state index contributed by atoms with van der Waals surface area (Å²) in [7, 11) is 0. The SMILES string of the molecule is CC(C)c1ccn(-c2c(F)cc(N)cc2F)n1. The zero-order chi connectivity index (χ0) is 12.6. The Morgan fingerprint density at radius 2 is 1.82 bits per heavy atom. The number of nitrogens with zero attached hydrogens (tertiary/aromatic N) is 2. The maximum Gasteiger partial charge on any atom is 0.153 e. The minimum absolute atomic E-state index is 0.0555. The number of hydrogen-bond acceptors (Lipinski definition) is 2. The summed E-state index contributed by atoms with van der Waals surface area (Å²) in [5.74, 6) is -1.24. The molecular formula is C12H13F2N3. The summed E-state index contributed by atoms with van der Waals surface area (Å²) in [5, 5.41) is 4.13. The van der Waals surface area contributed by atoms with Crippen LogP contribution in [0.5, 0.6) is 0 Å². The van der Waals surface area contributed by atoms with Crippen LogP contribution in [0.1, 0.15) is 25.5 Å². The van der Waals surface area contributed by atoms with Gasteiger partial charge < -0.3 is 5.73 Å². The third-order valence-electron chi connectivity index (χ3n) is 2.47. The van der Waals surface area contributed by atoms with E-state index in [9.17, 15) is 8.78 Å². The first kappa shape index (κ1) is 11.6. The van der Waals surface area contributed by atoms with Crippen LogP contribution in [0, 0.1) is 11.6 Å². The van der Waals surface area contributed by atoms with Crippen molar-refractivity contribution < 1.29 is 8.78 Å². The number of aromatic nitrogens is 2. The molecule has 0 spiro atoms. The highest BCUT2D eigenvalue weighted by molar-refractivity contribution is 5.47. The molecule has 5 heteroatoms. The van der Waals surface area contributed by atoms with Crippen LogP contribution >= 0.6 is 0 Å². The molecule has 0 radical (unpaired) electrons. The molecule has 90 valence electrons. The topological polar surface area (TPSA) is 43.8 Å². The fraction of sp³-hybridized carbons (Fsp3) is 0.250. The summed E-state index contributed by atoms with van der Waals surface area (Å²) >= 11 is 0. The van der Waals surface area contributed by atoms with Gasteiger partial charge in [-0.1, -0.05) is 13.8 Å². The molecule has 0 aliphatic heterocycles. The van der Waals surface area contributed by atoms with Gasteiger partial charge in [-0.25, -0.2) is 13.5 Å². The largest absolute Gasteiger partial charge is 0.399 e. The van der Waals surface area contributed by atoms with E-state index in [4.69, 9.17) is 5.73 Å². The van der Waals surface area contributed by atoms with Crippen LogP contribution in [-0.2, 0) is 0 Å². The van der Waals surface area contributed by atoms with E-state index in [1.807, 2.05) is 13.8 Å². The van der Waals surface area contributed by atoms with Crippen LogP contribution in [0.2, 0.25) is 0 Å². The van der Waals surface area contributed by atoms with Crippen LogP contribution in [0.3, 0.4) is 0 Å². The van der Waals surface area contributed by atoms with Gasteiger partial charge in [0.25, 0.3) is 0 Å².